The highest BCUT2D eigenvalue weighted by Gasteiger charge is 2.21. The first-order chi connectivity index (χ1) is 16.6. The van der Waals surface area contributed by atoms with Gasteiger partial charge in [0.25, 0.3) is 0 Å². The molecule has 1 N–H and O–H groups in total. The molecule has 0 saturated carbocycles. The average Bonchev–Trinajstić information content (AvgIpc) is 2.81. The van der Waals surface area contributed by atoms with E-state index in [2.05, 4.69) is 4.72 Å². The van der Waals surface area contributed by atoms with Crippen molar-refractivity contribution in [2.45, 2.75) is 25.2 Å². The van der Waals surface area contributed by atoms with Gasteiger partial charge >= 0.3 is 11.9 Å². The van der Waals surface area contributed by atoms with Gasteiger partial charge in [0.2, 0.25) is 15.5 Å². The Morgan fingerprint density at radius 1 is 0.971 bits per heavy atom. The van der Waals surface area contributed by atoms with Gasteiger partial charge < -0.3 is 9.15 Å². The van der Waals surface area contributed by atoms with Gasteiger partial charge in [-0.05, 0) is 55.8 Å². The number of ether oxygens (including phenoxy) is 1. The van der Waals surface area contributed by atoms with E-state index in [1.807, 2.05) is 13.8 Å². The first kappa shape index (κ1) is 24.3. The highest BCUT2D eigenvalue weighted by Crippen LogP contribution is 2.31. The molecule has 0 aliphatic heterocycles. The molecule has 180 valence electrons. The minimum atomic E-state index is -3.81. The molecular weight excluding hydrogens is 473 g/mol. The fourth-order valence-corrected chi connectivity index (χ4v) is 4.50. The lowest BCUT2D eigenvalue weighted by molar-refractivity contribution is -0.135. The molecule has 0 fully saturated rings. The van der Waals surface area contributed by atoms with E-state index in [1.165, 1.54) is 36.4 Å². The fraction of sp³-hybridized carbons (Fsp3) is 0.154. The number of carbonyl (C=O) groups is 1. The lowest BCUT2D eigenvalue weighted by atomic mass is 10.0. The molecule has 0 unspecified atom stereocenters. The van der Waals surface area contributed by atoms with Crippen LogP contribution in [0, 0.1) is 19.7 Å². The van der Waals surface area contributed by atoms with Crippen molar-refractivity contribution in [3.05, 3.63) is 93.9 Å². The van der Waals surface area contributed by atoms with Crippen LogP contribution < -0.4 is 14.9 Å². The second-order valence-electron chi connectivity index (χ2n) is 8.04. The monoisotopic (exact) mass is 495 g/mol. The summed E-state index contributed by atoms with van der Waals surface area (Å²) < 4.78 is 51.7. The summed E-state index contributed by atoms with van der Waals surface area (Å²) in [6.07, 6.45) is -0.316. The Labute approximate surface area is 201 Å². The van der Waals surface area contributed by atoms with Gasteiger partial charge in [-0.15, -0.1) is 0 Å². The van der Waals surface area contributed by atoms with E-state index in [9.17, 15) is 22.4 Å². The molecule has 0 spiro atoms. The number of nitrogens with one attached hydrogen (secondary N) is 1. The van der Waals surface area contributed by atoms with Gasteiger partial charge in [-0.1, -0.05) is 41.5 Å². The summed E-state index contributed by atoms with van der Waals surface area (Å²) in [7, 11) is -3.81. The molecule has 9 heteroatoms. The molecule has 35 heavy (non-hydrogen) atoms. The van der Waals surface area contributed by atoms with Crippen LogP contribution in [0.25, 0.3) is 22.1 Å². The highest BCUT2D eigenvalue weighted by molar-refractivity contribution is 7.89. The summed E-state index contributed by atoms with van der Waals surface area (Å²) in [5, 5.41) is 0.287. The topological polar surface area (TPSA) is 103 Å². The largest absolute Gasteiger partial charge is 0.425 e. The van der Waals surface area contributed by atoms with Crippen LogP contribution in [0.1, 0.15) is 17.5 Å². The van der Waals surface area contributed by atoms with Crippen molar-refractivity contribution in [1.82, 2.24) is 4.72 Å². The van der Waals surface area contributed by atoms with Gasteiger partial charge in [-0.2, -0.15) is 0 Å². The molecule has 0 radical (unpaired) electrons. The molecular formula is C26H22FNO6S. The van der Waals surface area contributed by atoms with Crippen LogP contribution in [0.5, 0.6) is 5.95 Å². The van der Waals surface area contributed by atoms with Crippen molar-refractivity contribution in [1.29, 1.82) is 0 Å². The van der Waals surface area contributed by atoms with E-state index in [0.29, 0.717) is 5.56 Å². The van der Waals surface area contributed by atoms with Crippen LogP contribution in [-0.2, 0) is 14.8 Å². The Morgan fingerprint density at radius 3 is 2.31 bits per heavy atom. The van der Waals surface area contributed by atoms with Crippen molar-refractivity contribution in [2.75, 3.05) is 6.54 Å². The standard InChI is InChI=1S/C26H22FNO6S/c1-16-3-10-20(11-4-16)35(31,32)28-14-13-23(29)34-26-24(18-6-8-19(27)9-7-18)25(30)21-15-17(2)5-12-22(21)33-26/h3-12,15,28H,13-14H2,1-2H3. The molecule has 7 nitrogen and oxygen atoms in total. The van der Waals surface area contributed by atoms with Crippen LogP contribution in [0.15, 0.2) is 80.8 Å². The normalized spacial score (nSPS) is 11.5. The molecule has 0 aliphatic carbocycles. The van der Waals surface area contributed by atoms with Crippen LogP contribution in [0.4, 0.5) is 4.39 Å². The first-order valence-corrected chi connectivity index (χ1v) is 12.2. The van der Waals surface area contributed by atoms with Crippen LogP contribution in [-0.4, -0.2) is 20.9 Å². The SMILES string of the molecule is Cc1ccc(S(=O)(=O)NCCC(=O)Oc2oc3ccc(C)cc3c(=O)c2-c2ccc(F)cc2)cc1. The molecule has 4 aromatic rings. The van der Waals surface area contributed by atoms with Crippen molar-refractivity contribution in [2.24, 2.45) is 0 Å². The third-order valence-corrected chi connectivity index (χ3v) is 6.78. The van der Waals surface area contributed by atoms with Gasteiger partial charge in [0.1, 0.15) is 17.0 Å². The molecule has 1 aromatic heterocycles. The minimum absolute atomic E-state index is 0.0308. The quantitative estimate of drug-likeness (QED) is 0.379. The Bertz CT molecular complexity index is 1560. The average molecular weight is 496 g/mol. The Hall–Kier alpha value is -3.82. The maximum Gasteiger partial charge on any atom is 0.314 e. The lowest BCUT2D eigenvalue weighted by Crippen LogP contribution is -2.27. The number of halogens is 1. The third kappa shape index (κ3) is 5.47. The smallest absolute Gasteiger partial charge is 0.314 e. The van der Waals surface area contributed by atoms with Crippen molar-refractivity contribution in [3.63, 3.8) is 0 Å². The molecule has 0 aliphatic rings. The number of carbonyl (C=O) groups excluding carboxylic acids is 1. The van der Waals surface area contributed by atoms with Gasteiger partial charge in [0.15, 0.2) is 0 Å². The second-order valence-corrected chi connectivity index (χ2v) is 9.80. The van der Waals surface area contributed by atoms with Crippen LogP contribution in [0.2, 0.25) is 0 Å². The van der Waals surface area contributed by atoms with Gasteiger partial charge in [-0.25, -0.2) is 17.5 Å². The van der Waals surface area contributed by atoms with E-state index in [1.54, 1.807) is 30.3 Å². The Kier molecular flexibility index (Phi) is 6.81. The van der Waals surface area contributed by atoms with Crippen molar-refractivity contribution < 1.29 is 26.8 Å². The highest BCUT2D eigenvalue weighted by atomic mass is 32.2. The number of aryl methyl sites for hydroxylation is 2. The molecule has 1 heterocycles. The molecule has 0 amide bonds. The fourth-order valence-electron chi connectivity index (χ4n) is 3.47. The predicted molar refractivity (Wildman–Crippen MR) is 129 cm³/mol. The van der Waals surface area contributed by atoms with Crippen LogP contribution >= 0.6 is 0 Å². The number of hydrogen-bond donors (Lipinski definition) is 1. The van der Waals surface area contributed by atoms with Crippen molar-refractivity contribution >= 4 is 27.0 Å². The van der Waals surface area contributed by atoms with Crippen molar-refractivity contribution in [3.8, 4) is 17.1 Å². The van der Waals surface area contributed by atoms with Gasteiger partial charge in [0.05, 0.1) is 16.7 Å². The summed E-state index contributed by atoms with van der Waals surface area (Å²) in [5.41, 5.74) is 1.80. The maximum atomic E-state index is 13.5. The summed E-state index contributed by atoms with van der Waals surface area (Å²) in [4.78, 5) is 25.9. The summed E-state index contributed by atoms with van der Waals surface area (Å²) >= 11 is 0. The number of sulfonamides is 1. The Morgan fingerprint density at radius 2 is 1.63 bits per heavy atom. The third-order valence-electron chi connectivity index (χ3n) is 5.31. The van der Waals surface area contributed by atoms with Gasteiger partial charge in [-0.3, -0.25) is 9.59 Å². The molecule has 4 rings (SSSR count). The first-order valence-electron chi connectivity index (χ1n) is 10.7. The number of fused-ring (bicyclic) bond motifs is 1. The maximum absolute atomic E-state index is 13.5. The molecule has 0 saturated heterocycles. The lowest BCUT2D eigenvalue weighted by Gasteiger charge is -2.11. The second kappa shape index (κ2) is 9.81. The minimum Gasteiger partial charge on any atom is -0.425 e. The van der Waals surface area contributed by atoms with E-state index >= 15 is 0 Å². The van der Waals surface area contributed by atoms with Crippen LogP contribution in [0.3, 0.4) is 0 Å². The summed E-state index contributed by atoms with van der Waals surface area (Å²) in [5.74, 6) is -1.65. The summed E-state index contributed by atoms with van der Waals surface area (Å²) in [6.45, 7) is 3.44. The zero-order valence-corrected chi connectivity index (χ0v) is 19.8. The zero-order valence-electron chi connectivity index (χ0n) is 19.0. The molecule has 0 atom stereocenters. The Balaban J connectivity index is 1.58. The van der Waals surface area contributed by atoms with E-state index in [4.69, 9.17) is 9.15 Å². The van der Waals surface area contributed by atoms with Gasteiger partial charge in [0, 0.05) is 6.54 Å². The van der Waals surface area contributed by atoms with E-state index < -0.39 is 27.2 Å². The number of esters is 1. The molecule has 3 aromatic carbocycles. The number of rotatable bonds is 7. The molecule has 0 bridgehead atoms. The number of benzene rings is 3. The summed E-state index contributed by atoms with van der Waals surface area (Å²) in [6, 6.07) is 16.4. The number of hydrogen-bond acceptors (Lipinski definition) is 6. The predicted octanol–water partition coefficient (Wildman–Crippen LogP) is 4.49. The van der Waals surface area contributed by atoms with E-state index in [0.717, 1.165) is 11.1 Å². The van der Waals surface area contributed by atoms with E-state index in [-0.39, 0.29) is 40.3 Å². The zero-order chi connectivity index (χ0) is 25.2.